The monoisotopic (exact) mass is 285 g/mol. The van der Waals surface area contributed by atoms with Gasteiger partial charge in [-0.2, -0.15) is 0 Å². The first-order valence-corrected chi connectivity index (χ1v) is 6.97. The number of aryl methyl sites for hydroxylation is 3. The molecule has 0 aliphatic carbocycles. The molecule has 0 fully saturated rings. The fourth-order valence-electron chi connectivity index (χ4n) is 2.28. The maximum Gasteiger partial charge on any atom is 0.125 e. The van der Waals surface area contributed by atoms with Crippen molar-refractivity contribution in [3.05, 3.63) is 64.2 Å². The first-order chi connectivity index (χ1) is 9.47. The normalized spacial score (nSPS) is 10.3. The van der Waals surface area contributed by atoms with Gasteiger partial charge in [0.05, 0.1) is 0 Å². The molecule has 0 saturated heterocycles. The van der Waals surface area contributed by atoms with Crippen LogP contribution in [0.5, 0.6) is 5.75 Å². The summed E-state index contributed by atoms with van der Waals surface area (Å²) < 4.78 is 5.96. The third kappa shape index (κ3) is 3.36. The van der Waals surface area contributed by atoms with Crippen molar-refractivity contribution in [1.29, 1.82) is 0 Å². The van der Waals surface area contributed by atoms with E-state index in [4.69, 9.17) is 22.7 Å². The van der Waals surface area contributed by atoms with Gasteiger partial charge < -0.3 is 10.5 Å². The Kier molecular flexibility index (Phi) is 4.40. The summed E-state index contributed by atoms with van der Waals surface area (Å²) >= 11 is 5.02. The third-order valence-electron chi connectivity index (χ3n) is 3.21. The molecule has 0 heterocycles. The SMILES string of the molecule is Cc1cccc(COc2c(C)cc(C(N)=S)cc2C)c1. The summed E-state index contributed by atoms with van der Waals surface area (Å²) in [6.45, 7) is 6.67. The van der Waals surface area contributed by atoms with E-state index in [-0.39, 0.29) is 0 Å². The van der Waals surface area contributed by atoms with E-state index in [1.165, 1.54) is 11.1 Å². The van der Waals surface area contributed by atoms with Crippen LogP contribution in [-0.4, -0.2) is 4.99 Å². The van der Waals surface area contributed by atoms with Crippen molar-refractivity contribution < 1.29 is 4.74 Å². The van der Waals surface area contributed by atoms with Crippen LogP contribution in [0.1, 0.15) is 27.8 Å². The van der Waals surface area contributed by atoms with E-state index in [2.05, 4.69) is 25.1 Å². The molecule has 20 heavy (non-hydrogen) atoms. The van der Waals surface area contributed by atoms with Gasteiger partial charge in [-0.1, -0.05) is 42.0 Å². The Balaban J connectivity index is 2.20. The molecular formula is C17H19NOS. The lowest BCUT2D eigenvalue weighted by atomic mass is 10.1. The fourth-order valence-corrected chi connectivity index (χ4v) is 2.40. The molecule has 2 aromatic carbocycles. The highest BCUT2D eigenvalue weighted by atomic mass is 32.1. The van der Waals surface area contributed by atoms with E-state index in [0.717, 1.165) is 22.4 Å². The minimum Gasteiger partial charge on any atom is -0.488 e. The second-order valence-electron chi connectivity index (χ2n) is 5.08. The van der Waals surface area contributed by atoms with Gasteiger partial charge in [0, 0.05) is 5.56 Å². The predicted molar refractivity (Wildman–Crippen MR) is 87.3 cm³/mol. The molecule has 2 nitrogen and oxygen atoms in total. The van der Waals surface area contributed by atoms with E-state index >= 15 is 0 Å². The zero-order valence-electron chi connectivity index (χ0n) is 12.1. The average molecular weight is 285 g/mol. The molecule has 0 unspecified atom stereocenters. The van der Waals surface area contributed by atoms with E-state index in [1.54, 1.807) is 0 Å². The molecular weight excluding hydrogens is 266 g/mol. The van der Waals surface area contributed by atoms with Gasteiger partial charge in [0.1, 0.15) is 17.3 Å². The molecule has 0 aliphatic heterocycles. The smallest absolute Gasteiger partial charge is 0.125 e. The Morgan fingerprint density at radius 2 is 1.75 bits per heavy atom. The maximum absolute atomic E-state index is 5.96. The molecule has 2 rings (SSSR count). The number of nitrogens with two attached hydrogens (primary N) is 1. The Labute approximate surface area is 125 Å². The van der Waals surface area contributed by atoms with Crippen molar-refractivity contribution in [2.75, 3.05) is 0 Å². The predicted octanol–water partition coefficient (Wildman–Crippen LogP) is 3.83. The zero-order chi connectivity index (χ0) is 14.7. The fraction of sp³-hybridized carbons (Fsp3) is 0.235. The molecule has 0 saturated carbocycles. The van der Waals surface area contributed by atoms with Crippen molar-refractivity contribution in [3.63, 3.8) is 0 Å². The minimum absolute atomic E-state index is 0.418. The molecule has 2 aromatic rings. The van der Waals surface area contributed by atoms with Crippen LogP contribution in [0.3, 0.4) is 0 Å². The highest BCUT2D eigenvalue weighted by molar-refractivity contribution is 7.80. The van der Waals surface area contributed by atoms with E-state index in [1.807, 2.05) is 32.0 Å². The molecule has 0 atom stereocenters. The minimum atomic E-state index is 0.418. The topological polar surface area (TPSA) is 35.2 Å². The van der Waals surface area contributed by atoms with Crippen LogP contribution in [-0.2, 0) is 6.61 Å². The number of rotatable bonds is 4. The summed E-state index contributed by atoms with van der Waals surface area (Å²) in [5.74, 6) is 0.909. The van der Waals surface area contributed by atoms with Gasteiger partial charge in [0.15, 0.2) is 0 Å². The summed E-state index contributed by atoms with van der Waals surface area (Å²) in [5, 5.41) is 0. The van der Waals surface area contributed by atoms with Gasteiger partial charge >= 0.3 is 0 Å². The van der Waals surface area contributed by atoms with Gasteiger partial charge in [-0.15, -0.1) is 0 Å². The highest BCUT2D eigenvalue weighted by Crippen LogP contribution is 2.25. The van der Waals surface area contributed by atoms with Crippen LogP contribution in [0, 0.1) is 20.8 Å². The second-order valence-corrected chi connectivity index (χ2v) is 5.52. The Morgan fingerprint density at radius 3 is 2.30 bits per heavy atom. The van der Waals surface area contributed by atoms with Crippen LogP contribution in [0.15, 0.2) is 36.4 Å². The van der Waals surface area contributed by atoms with E-state index in [9.17, 15) is 0 Å². The molecule has 0 amide bonds. The summed E-state index contributed by atoms with van der Waals surface area (Å²) in [5.41, 5.74) is 11.1. The van der Waals surface area contributed by atoms with Crippen molar-refractivity contribution >= 4 is 17.2 Å². The number of thiocarbonyl (C=S) groups is 1. The second kappa shape index (κ2) is 6.06. The van der Waals surface area contributed by atoms with Crippen LogP contribution in [0.4, 0.5) is 0 Å². The zero-order valence-corrected chi connectivity index (χ0v) is 12.9. The number of benzene rings is 2. The van der Waals surface area contributed by atoms with Gasteiger partial charge in [-0.25, -0.2) is 0 Å². The Morgan fingerprint density at radius 1 is 1.10 bits per heavy atom. The van der Waals surface area contributed by atoms with Gasteiger partial charge in [0.2, 0.25) is 0 Å². The summed E-state index contributed by atoms with van der Waals surface area (Å²) in [6.07, 6.45) is 0. The number of hydrogen-bond donors (Lipinski definition) is 1. The molecule has 3 heteroatoms. The van der Waals surface area contributed by atoms with Crippen LogP contribution < -0.4 is 10.5 Å². The third-order valence-corrected chi connectivity index (χ3v) is 3.45. The molecule has 0 spiro atoms. The number of ether oxygens (including phenoxy) is 1. The summed E-state index contributed by atoms with van der Waals surface area (Å²) in [6, 6.07) is 12.3. The van der Waals surface area contributed by atoms with Crippen molar-refractivity contribution in [2.45, 2.75) is 27.4 Å². The largest absolute Gasteiger partial charge is 0.488 e. The van der Waals surface area contributed by atoms with Crippen LogP contribution in [0.25, 0.3) is 0 Å². The maximum atomic E-state index is 5.96. The lowest BCUT2D eigenvalue weighted by Crippen LogP contribution is -2.10. The first kappa shape index (κ1) is 14.5. The quantitative estimate of drug-likeness (QED) is 0.867. The molecule has 2 N–H and O–H groups in total. The number of hydrogen-bond acceptors (Lipinski definition) is 2. The van der Waals surface area contributed by atoms with Gasteiger partial charge in [-0.05, 0) is 49.6 Å². The average Bonchev–Trinajstić information content (AvgIpc) is 2.37. The van der Waals surface area contributed by atoms with E-state index in [0.29, 0.717) is 11.6 Å². The van der Waals surface area contributed by atoms with Crippen molar-refractivity contribution in [2.24, 2.45) is 5.73 Å². The molecule has 0 aromatic heterocycles. The van der Waals surface area contributed by atoms with Crippen LogP contribution >= 0.6 is 12.2 Å². The van der Waals surface area contributed by atoms with E-state index < -0.39 is 0 Å². The first-order valence-electron chi connectivity index (χ1n) is 6.57. The molecule has 0 bridgehead atoms. The molecule has 104 valence electrons. The molecule has 0 aliphatic rings. The summed E-state index contributed by atoms with van der Waals surface area (Å²) in [7, 11) is 0. The summed E-state index contributed by atoms with van der Waals surface area (Å²) in [4.78, 5) is 0.418. The van der Waals surface area contributed by atoms with Gasteiger partial charge in [-0.3, -0.25) is 0 Å². The molecule has 0 radical (unpaired) electrons. The van der Waals surface area contributed by atoms with Gasteiger partial charge in [0.25, 0.3) is 0 Å². The lowest BCUT2D eigenvalue weighted by Gasteiger charge is -2.14. The highest BCUT2D eigenvalue weighted by Gasteiger charge is 2.08. The van der Waals surface area contributed by atoms with Crippen molar-refractivity contribution in [3.8, 4) is 5.75 Å². The van der Waals surface area contributed by atoms with Crippen molar-refractivity contribution in [1.82, 2.24) is 0 Å². The van der Waals surface area contributed by atoms with Crippen LogP contribution in [0.2, 0.25) is 0 Å². The standard InChI is InChI=1S/C17H19NOS/c1-11-5-4-6-14(7-11)10-19-16-12(2)8-15(17(18)20)9-13(16)3/h4-9H,10H2,1-3H3,(H2,18,20). The Hall–Kier alpha value is -1.87. The Bertz CT molecular complexity index is 626. The lowest BCUT2D eigenvalue weighted by molar-refractivity contribution is 0.302.